The van der Waals surface area contributed by atoms with Crippen LogP contribution in [0, 0.1) is 11.3 Å². The Balaban J connectivity index is 2.19. The molecule has 0 radical (unpaired) electrons. The summed E-state index contributed by atoms with van der Waals surface area (Å²) in [6, 6.07) is 17.3. The molecular formula is C18H16ClNO2. The summed E-state index contributed by atoms with van der Waals surface area (Å²) in [4.78, 5) is 11.5. The number of hydrogen-bond donors (Lipinski definition) is 0. The Morgan fingerprint density at radius 2 is 1.91 bits per heavy atom. The molecule has 2 rings (SSSR count). The minimum atomic E-state index is -0.501. The van der Waals surface area contributed by atoms with Crippen LogP contribution in [-0.4, -0.2) is 12.6 Å². The predicted molar refractivity (Wildman–Crippen MR) is 86.5 cm³/mol. The number of nitriles is 1. The Kier molecular flexibility index (Phi) is 5.57. The van der Waals surface area contributed by atoms with Crippen LogP contribution in [0.4, 0.5) is 0 Å². The van der Waals surface area contributed by atoms with Crippen LogP contribution in [-0.2, 0) is 9.53 Å². The predicted octanol–water partition coefficient (Wildman–Crippen LogP) is 4.57. The SMILES string of the molecule is CCOC(=O)CC(C#N)c1ccc(-c2ccccc2Cl)cc1. The van der Waals surface area contributed by atoms with E-state index in [1.807, 2.05) is 48.5 Å². The number of ether oxygens (including phenoxy) is 1. The molecule has 0 N–H and O–H groups in total. The van der Waals surface area contributed by atoms with Crippen LogP contribution < -0.4 is 0 Å². The van der Waals surface area contributed by atoms with Crippen molar-refractivity contribution in [2.75, 3.05) is 6.61 Å². The standard InChI is InChI=1S/C18H16ClNO2/c1-2-22-18(21)11-15(12-20)13-7-9-14(10-8-13)16-5-3-4-6-17(16)19/h3-10,15H,2,11H2,1H3. The van der Waals surface area contributed by atoms with Crippen LogP contribution >= 0.6 is 11.6 Å². The summed E-state index contributed by atoms with van der Waals surface area (Å²) in [6.45, 7) is 2.07. The maximum absolute atomic E-state index is 11.5. The van der Waals surface area contributed by atoms with Gasteiger partial charge in [-0.25, -0.2) is 0 Å². The molecule has 2 aromatic carbocycles. The summed E-state index contributed by atoms with van der Waals surface area (Å²) in [6.07, 6.45) is 0.0653. The fourth-order valence-corrected chi connectivity index (χ4v) is 2.46. The summed E-state index contributed by atoms with van der Waals surface area (Å²) < 4.78 is 4.90. The van der Waals surface area contributed by atoms with Gasteiger partial charge in [-0.1, -0.05) is 54.1 Å². The first-order valence-corrected chi connectivity index (χ1v) is 7.43. The maximum Gasteiger partial charge on any atom is 0.307 e. The first kappa shape index (κ1) is 16.1. The molecule has 0 aliphatic heterocycles. The van der Waals surface area contributed by atoms with Gasteiger partial charge >= 0.3 is 5.97 Å². The number of halogens is 1. The fourth-order valence-electron chi connectivity index (χ4n) is 2.21. The Morgan fingerprint density at radius 3 is 2.50 bits per heavy atom. The van der Waals surface area contributed by atoms with Gasteiger partial charge in [-0.15, -0.1) is 0 Å². The minimum Gasteiger partial charge on any atom is -0.466 e. The van der Waals surface area contributed by atoms with E-state index in [0.29, 0.717) is 11.6 Å². The Bertz CT molecular complexity index is 689. The Hall–Kier alpha value is -2.31. The second kappa shape index (κ2) is 7.63. The first-order valence-electron chi connectivity index (χ1n) is 7.05. The van der Waals surface area contributed by atoms with Gasteiger partial charge in [-0.2, -0.15) is 5.26 Å². The van der Waals surface area contributed by atoms with Crippen LogP contribution in [0.3, 0.4) is 0 Å². The molecule has 112 valence electrons. The largest absolute Gasteiger partial charge is 0.466 e. The van der Waals surface area contributed by atoms with Crippen LogP contribution in [0.2, 0.25) is 5.02 Å². The summed E-state index contributed by atoms with van der Waals surface area (Å²) >= 11 is 6.18. The maximum atomic E-state index is 11.5. The Morgan fingerprint density at radius 1 is 1.23 bits per heavy atom. The molecule has 0 amide bonds. The molecule has 0 saturated carbocycles. The monoisotopic (exact) mass is 313 g/mol. The number of carbonyl (C=O) groups is 1. The van der Waals surface area contributed by atoms with E-state index < -0.39 is 5.92 Å². The van der Waals surface area contributed by atoms with Crippen molar-refractivity contribution < 1.29 is 9.53 Å². The summed E-state index contributed by atoms with van der Waals surface area (Å²) in [5.74, 6) is -0.858. The van der Waals surface area contributed by atoms with Crippen molar-refractivity contribution >= 4 is 17.6 Å². The second-order valence-electron chi connectivity index (χ2n) is 4.79. The van der Waals surface area contributed by atoms with E-state index in [-0.39, 0.29) is 12.4 Å². The normalized spacial score (nSPS) is 11.5. The highest BCUT2D eigenvalue weighted by molar-refractivity contribution is 6.33. The van der Waals surface area contributed by atoms with Gasteiger partial charge in [-0.05, 0) is 24.1 Å². The zero-order valence-corrected chi connectivity index (χ0v) is 13.0. The van der Waals surface area contributed by atoms with Crippen LogP contribution in [0.1, 0.15) is 24.8 Å². The van der Waals surface area contributed by atoms with Gasteiger partial charge < -0.3 is 4.74 Å². The number of hydrogen-bond acceptors (Lipinski definition) is 3. The molecule has 0 aliphatic carbocycles. The fraction of sp³-hybridized carbons (Fsp3) is 0.222. The highest BCUT2D eigenvalue weighted by atomic mass is 35.5. The van der Waals surface area contributed by atoms with Crippen molar-refractivity contribution in [1.82, 2.24) is 0 Å². The third kappa shape index (κ3) is 3.87. The lowest BCUT2D eigenvalue weighted by Gasteiger charge is -2.10. The average molecular weight is 314 g/mol. The average Bonchev–Trinajstić information content (AvgIpc) is 2.54. The summed E-state index contributed by atoms with van der Waals surface area (Å²) in [5.41, 5.74) is 2.71. The van der Waals surface area contributed by atoms with Crippen molar-refractivity contribution in [1.29, 1.82) is 5.26 Å². The van der Waals surface area contributed by atoms with E-state index in [1.54, 1.807) is 6.92 Å². The van der Waals surface area contributed by atoms with Crippen molar-refractivity contribution in [3.8, 4) is 17.2 Å². The lowest BCUT2D eigenvalue weighted by atomic mass is 9.95. The van der Waals surface area contributed by atoms with Gasteiger partial charge in [0.15, 0.2) is 0 Å². The van der Waals surface area contributed by atoms with E-state index in [0.717, 1.165) is 16.7 Å². The number of esters is 1. The molecule has 0 spiro atoms. The number of nitrogens with zero attached hydrogens (tertiary/aromatic N) is 1. The summed E-state index contributed by atoms with van der Waals surface area (Å²) in [5, 5.41) is 9.93. The molecule has 0 saturated heterocycles. The van der Waals surface area contributed by atoms with Gasteiger partial charge in [0.25, 0.3) is 0 Å². The van der Waals surface area contributed by atoms with Crippen molar-refractivity contribution in [3.05, 3.63) is 59.1 Å². The van der Waals surface area contributed by atoms with Gasteiger partial charge in [0, 0.05) is 10.6 Å². The molecule has 0 bridgehead atoms. The van der Waals surface area contributed by atoms with E-state index in [4.69, 9.17) is 16.3 Å². The van der Waals surface area contributed by atoms with Crippen molar-refractivity contribution in [2.45, 2.75) is 19.3 Å². The molecule has 0 aliphatic rings. The molecule has 0 aromatic heterocycles. The van der Waals surface area contributed by atoms with E-state index in [9.17, 15) is 10.1 Å². The molecule has 2 aromatic rings. The lowest BCUT2D eigenvalue weighted by molar-refractivity contribution is -0.143. The number of benzene rings is 2. The van der Waals surface area contributed by atoms with Crippen molar-refractivity contribution in [2.24, 2.45) is 0 Å². The van der Waals surface area contributed by atoms with E-state index >= 15 is 0 Å². The molecule has 4 heteroatoms. The van der Waals surface area contributed by atoms with Gasteiger partial charge in [-0.3, -0.25) is 4.79 Å². The number of rotatable bonds is 5. The highest BCUT2D eigenvalue weighted by Crippen LogP contribution is 2.29. The molecule has 0 fully saturated rings. The van der Waals surface area contributed by atoms with Crippen LogP contribution in [0.25, 0.3) is 11.1 Å². The van der Waals surface area contributed by atoms with Crippen LogP contribution in [0.5, 0.6) is 0 Å². The zero-order valence-electron chi connectivity index (χ0n) is 12.3. The highest BCUT2D eigenvalue weighted by Gasteiger charge is 2.16. The third-order valence-electron chi connectivity index (χ3n) is 3.33. The van der Waals surface area contributed by atoms with Gasteiger partial charge in [0.1, 0.15) is 0 Å². The second-order valence-corrected chi connectivity index (χ2v) is 5.20. The molecule has 1 atom stereocenters. The third-order valence-corrected chi connectivity index (χ3v) is 3.66. The molecule has 3 nitrogen and oxygen atoms in total. The molecule has 1 unspecified atom stereocenters. The molecule has 0 heterocycles. The van der Waals surface area contributed by atoms with Crippen molar-refractivity contribution in [3.63, 3.8) is 0 Å². The molecule has 22 heavy (non-hydrogen) atoms. The van der Waals surface area contributed by atoms with Gasteiger partial charge in [0.05, 0.1) is 25.0 Å². The summed E-state index contributed by atoms with van der Waals surface area (Å²) in [7, 11) is 0. The minimum absolute atomic E-state index is 0.0653. The topological polar surface area (TPSA) is 50.1 Å². The first-order chi connectivity index (χ1) is 10.7. The van der Waals surface area contributed by atoms with E-state index in [2.05, 4.69) is 6.07 Å². The quantitative estimate of drug-likeness (QED) is 0.760. The van der Waals surface area contributed by atoms with Gasteiger partial charge in [0.2, 0.25) is 0 Å². The number of carbonyl (C=O) groups excluding carboxylic acids is 1. The zero-order chi connectivity index (χ0) is 15.9. The smallest absolute Gasteiger partial charge is 0.307 e. The van der Waals surface area contributed by atoms with E-state index in [1.165, 1.54) is 0 Å². The lowest BCUT2D eigenvalue weighted by Crippen LogP contribution is -2.09. The molecular weight excluding hydrogens is 298 g/mol. The Labute approximate surface area is 135 Å². The van der Waals surface area contributed by atoms with Crippen LogP contribution in [0.15, 0.2) is 48.5 Å².